The fraction of sp³-hybridized carbons (Fsp3) is 0.205. The van der Waals surface area contributed by atoms with Crippen molar-refractivity contribution in [3.63, 3.8) is 0 Å². The molecule has 0 spiro atoms. The van der Waals surface area contributed by atoms with E-state index >= 15 is 0 Å². The number of hydrogen-bond acceptors (Lipinski definition) is 5. The Balaban J connectivity index is 1.61. The molecule has 0 fully saturated rings. The standard InChI is InChI=1S/C39H37N5/c1-38(2,3)33-20-30(21-34(22-33)39(4,5)6)28-17-29(32-23-40-25-41-24-32)19-31(18-28)37-43-35(26-13-9-7-10-14-26)42-36(44-37)27-15-11-8-12-16-27/h7-25H,1-6H3. The highest BCUT2D eigenvalue weighted by Gasteiger charge is 2.22. The summed E-state index contributed by atoms with van der Waals surface area (Å²) in [6.07, 6.45) is 5.25. The molecule has 4 aromatic carbocycles. The minimum atomic E-state index is -0.00684. The smallest absolute Gasteiger partial charge is 0.164 e. The van der Waals surface area contributed by atoms with Gasteiger partial charge in [-0.15, -0.1) is 0 Å². The zero-order valence-corrected chi connectivity index (χ0v) is 26.2. The van der Waals surface area contributed by atoms with Crippen LogP contribution < -0.4 is 0 Å². The van der Waals surface area contributed by atoms with E-state index in [1.807, 2.05) is 73.1 Å². The average molecular weight is 576 g/mol. The lowest BCUT2D eigenvalue weighted by atomic mass is 9.78. The predicted octanol–water partition coefficient (Wildman–Crippen LogP) is 9.59. The summed E-state index contributed by atoms with van der Waals surface area (Å²) in [6, 6.07) is 33.7. The van der Waals surface area contributed by atoms with Crippen LogP contribution in [0.25, 0.3) is 56.4 Å². The first-order valence-electron chi connectivity index (χ1n) is 15.0. The molecule has 0 N–H and O–H groups in total. The van der Waals surface area contributed by atoms with Crippen LogP contribution in [0, 0.1) is 0 Å². The van der Waals surface area contributed by atoms with E-state index in [4.69, 9.17) is 15.0 Å². The summed E-state index contributed by atoms with van der Waals surface area (Å²) in [5.41, 5.74) is 9.53. The van der Waals surface area contributed by atoms with Crippen molar-refractivity contribution in [3.05, 3.63) is 127 Å². The molecule has 44 heavy (non-hydrogen) atoms. The summed E-state index contributed by atoms with van der Waals surface area (Å²) in [4.78, 5) is 23.6. The molecule has 0 saturated carbocycles. The predicted molar refractivity (Wildman–Crippen MR) is 180 cm³/mol. The molecule has 0 bridgehead atoms. The van der Waals surface area contributed by atoms with Gasteiger partial charge in [0, 0.05) is 34.6 Å². The fourth-order valence-electron chi connectivity index (χ4n) is 5.14. The van der Waals surface area contributed by atoms with Gasteiger partial charge in [0.2, 0.25) is 0 Å². The largest absolute Gasteiger partial charge is 0.244 e. The third kappa shape index (κ3) is 6.32. The Hall–Kier alpha value is -5.03. The molecule has 6 rings (SSSR count). The van der Waals surface area contributed by atoms with Gasteiger partial charge < -0.3 is 0 Å². The fourth-order valence-corrected chi connectivity index (χ4v) is 5.14. The van der Waals surface area contributed by atoms with Crippen LogP contribution in [-0.4, -0.2) is 24.9 Å². The van der Waals surface area contributed by atoms with Crippen LogP contribution >= 0.6 is 0 Å². The van der Waals surface area contributed by atoms with Crippen molar-refractivity contribution >= 4 is 0 Å². The Bertz CT molecular complexity index is 1810. The third-order valence-corrected chi connectivity index (χ3v) is 7.78. The van der Waals surface area contributed by atoms with Crippen molar-refractivity contribution in [2.75, 3.05) is 0 Å². The molecule has 0 aliphatic carbocycles. The molecule has 0 amide bonds. The monoisotopic (exact) mass is 575 g/mol. The van der Waals surface area contributed by atoms with Gasteiger partial charge in [0.25, 0.3) is 0 Å². The second kappa shape index (κ2) is 11.6. The van der Waals surface area contributed by atoms with Gasteiger partial charge in [-0.3, -0.25) is 0 Å². The minimum absolute atomic E-state index is 0.00684. The van der Waals surface area contributed by atoms with E-state index < -0.39 is 0 Å². The van der Waals surface area contributed by atoms with E-state index in [1.54, 1.807) is 6.33 Å². The molecule has 0 aliphatic rings. The number of hydrogen-bond donors (Lipinski definition) is 0. The summed E-state index contributed by atoms with van der Waals surface area (Å²) in [6.45, 7) is 13.6. The molecule has 2 heterocycles. The minimum Gasteiger partial charge on any atom is -0.244 e. The maximum atomic E-state index is 5.03. The van der Waals surface area contributed by atoms with Gasteiger partial charge >= 0.3 is 0 Å². The molecule has 0 aliphatic heterocycles. The summed E-state index contributed by atoms with van der Waals surface area (Å²) < 4.78 is 0. The van der Waals surface area contributed by atoms with Gasteiger partial charge in [0.05, 0.1) is 0 Å². The Morgan fingerprint density at radius 1 is 0.386 bits per heavy atom. The maximum absolute atomic E-state index is 5.03. The first-order chi connectivity index (χ1) is 21.0. The summed E-state index contributed by atoms with van der Waals surface area (Å²) in [5, 5.41) is 0. The summed E-state index contributed by atoms with van der Waals surface area (Å²) in [7, 11) is 0. The quantitative estimate of drug-likeness (QED) is 0.205. The highest BCUT2D eigenvalue weighted by Crippen LogP contribution is 2.37. The van der Waals surface area contributed by atoms with Gasteiger partial charge in [-0.05, 0) is 56.8 Å². The zero-order chi connectivity index (χ0) is 30.9. The maximum Gasteiger partial charge on any atom is 0.164 e. The zero-order valence-electron chi connectivity index (χ0n) is 26.2. The Morgan fingerprint density at radius 2 is 0.773 bits per heavy atom. The van der Waals surface area contributed by atoms with Crippen molar-refractivity contribution in [3.8, 4) is 56.4 Å². The van der Waals surface area contributed by atoms with Crippen molar-refractivity contribution in [1.82, 2.24) is 24.9 Å². The summed E-state index contributed by atoms with van der Waals surface area (Å²) in [5.74, 6) is 1.88. The topological polar surface area (TPSA) is 64.5 Å². The van der Waals surface area contributed by atoms with E-state index in [1.165, 1.54) is 11.1 Å². The van der Waals surface area contributed by atoms with Crippen molar-refractivity contribution < 1.29 is 0 Å². The van der Waals surface area contributed by atoms with E-state index in [0.717, 1.165) is 38.9 Å². The van der Waals surface area contributed by atoms with Crippen LogP contribution in [0.15, 0.2) is 116 Å². The van der Waals surface area contributed by atoms with Crippen LogP contribution in [-0.2, 0) is 10.8 Å². The van der Waals surface area contributed by atoms with Crippen LogP contribution in [0.4, 0.5) is 0 Å². The van der Waals surface area contributed by atoms with Crippen LogP contribution in [0.2, 0.25) is 0 Å². The van der Waals surface area contributed by atoms with E-state index in [-0.39, 0.29) is 10.8 Å². The summed E-state index contributed by atoms with van der Waals surface area (Å²) >= 11 is 0. The third-order valence-electron chi connectivity index (χ3n) is 7.78. The van der Waals surface area contributed by atoms with Gasteiger partial charge in [-0.25, -0.2) is 24.9 Å². The molecule has 0 radical (unpaired) electrons. The van der Waals surface area contributed by atoms with Crippen molar-refractivity contribution in [2.45, 2.75) is 52.4 Å². The highest BCUT2D eigenvalue weighted by atomic mass is 15.0. The number of rotatable bonds is 5. The molecule has 5 heteroatoms. The first kappa shape index (κ1) is 29.1. The van der Waals surface area contributed by atoms with Gasteiger partial charge in [-0.1, -0.05) is 120 Å². The second-order valence-corrected chi connectivity index (χ2v) is 13.3. The van der Waals surface area contributed by atoms with Gasteiger partial charge in [0.15, 0.2) is 17.5 Å². The first-order valence-corrected chi connectivity index (χ1v) is 15.0. The van der Waals surface area contributed by atoms with Crippen LogP contribution in [0.3, 0.4) is 0 Å². The van der Waals surface area contributed by atoms with Crippen molar-refractivity contribution in [1.29, 1.82) is 0 Å². The van der Waals surface area contributed by atoms with Gasteiger partial charge in [-0.2, -0.15) is 0 Å². The van der Waals surface area contributed by atoms with Gasteiger partial charge in [0.1, 0.15) is 6.33 Å². The average Bonchev–Trinajstić information content (AvgIpc) is 3.04. The van der Waals surface area contributed by atoms with E-state index in [0.29, 0.717) is 17.5 Å². The molecule has 2 aromatic heterocycles. The number of aromatic nitrogens is 5. The van der Waals surface area contributed by atoms with E-state index in [9.17, 15) is 0 Å². The lowest BCUT2D eigenvalue weighted by molar-refractivity contribution is 0.569. The molecular formula is C39H37N5. The number of nitrogens with zero attached hydrogens (tertiary/aromatic N) is 5. The normalized spacial score (nSPS) is 11.9. The van der Waals surface area contributed by atoms with E-state index in [2.05, 4.69) is 87.9 Å². The number of benzene rings is 4. The molecule has 5 nitrogen and oxygen atoms in total. The lowest BCUT2D eigenvalue weighted by Crippen LogP contribution is -2.16. The Kier molecular flexibility index (Phi) is 7.64. The second-order valence-electron chi connectivity index (χ2n) is 13.3. The molecular weight excluding hydrogens is 538 g/mol. The molecule has 0 unspecified atom stereocenters. The Labute approximate surface area is 260 Å². The molecule has 0 atom stereocenters. The highest BCUT2D eigenvalue weighted by molar-refractivity contribution is 5.80. The van der Waals surface area contributed by atoms with Crippen LogP contribution in [0.1, 0.15) is 52.7 Å². The Morgan fingerprint density at radius 3 is 1.23 bits per heavy atom. The molecule has 0 saturated heterocycles. The SMILES string of the molecule is CC(C)(C)c1cc(-c2cc(-c3cncnc3)cc(-c3nc(-c4ccccc4)nc(-c4ccccc4)n3)c2)cc(C(C)(C)C)c1. The van der Waals surface area contributed by atoms with Crippen molar-refractivity contribution in [2.24, 2.45) is 0 Å². The molecule has 218 valence electrons. The lowest BCUT2D eigenvalue weighted by Gasteiger charge is -2.26. The van der Waals surface area contributed by atoms with Crippen LogP contribution in [0.5, 0.6) is 0 Å². The molecule has 6 aromatic rings.